The molecule has 0 saturated heterocycles. The molecule has 0 atom stereocenters. The summed E-state index contributed by atoms with van der Waals surface area (Å²) in [4.78, 5) is 12.6. The Morgan fingerprint density at radius 1 is 1.30 bits per heavy atom. The van der Waals surface area contributed by atoms with Crippen LogP contribution in [0.2, 0.25) is 0 Å². The number of anilines is 1. The fraction of sp³-hybridized carbons (Fsp3) is 0.588. The molecule has 110 valence electrons. The highest BCUT2D eigenvalue weighted by Crippen LogP contribution is 2.36. The Labute approximate surface area is 121 Å². The summed E-state index contributed by atoms with van der Waals surface area (Å²) in [6.45, 7) is 4.76. The zero-order valence-corrected chi connectivity index (χ0v) is 12.6. The van der Waals surface area contributed by atoms with Crippen molar-refractivity contribution in [1.29, 1.82) is 0 Å². The van der Waals surface area contributed by atoms with E-state index in [1.807, 2.05) is 12.1 Å². The first kappa shape index (κ1) is 15.0. The normalized spacial score (nSPS) is 18.0. The molecular formula is C17H26N2O. The van der Waals surface area contributed by atoms with Gasteiger partial charge in [-0.3, -0.25) is 4.79 Å². The highest BCUT2D eigenvalue weighted by Gasteiger charge is 2.38. The number of nitrogens with one attached hydrogen (secondary N) is 1. The van der Waals surface area contributed by atoms with Gasteiger partial charge in [-0.05, 0) is 36.5 Å². The molecule has 2 rings (SSSR count). The van der Waals surface area contributed by atoms with Gasteiger partial charge >= 0.3 is 0 Å². The van der Waals surface area contributed by atoms with Crippen molar-refractivity contribution in [3.8, 4) is 0 Å². The van der Waals surface area contributed by atoms with E-state index >= 15 is 0 Å². The van der Waals surface area contributed by atoms with Gasteiger partial charge in [-0.15, -0.1) is 0 Å². The van der Waals surface area contributed by atoms with E-state index in [4.69, 9.17) is 5.73 Å². The maximum atomic E-state index is 12.6. The molecule has 1 aromatic carbocycles. The topological polar surface area (TPSA) is 55.1 Å². The summed E-state index contributed by atoms with van der Waals surface area (Å²) >= 11 is 0. The number of amides is 1. The molecular weight excluding hydrogens is 248 g/mol. The van der Waals surface area contributed by atoms with E-state index in [2.05, 4.69) is 31.3 Å². The molecule has 0 heterocycles. The summed E-state index contributed by atoms with van der Waals surface area (Å²) in [6.07, 6.45) is 5.27. The maximum absolute atomic E-state index is 12.6. The van der Waals surface area contributed by atoms with Crippen LogP contribution >= 0.6 is 0 Å². The van der Waals surface area contributed by atoms with Gasteiger partial charge in [-0.25, -0.2) is 0 Å². The average Bonchev–Trinajstić information content (AvgIpc) is 2.48. The van der Waals surface area contributed by atoms with Crippen LogP contribution in [-0.4, -0.2) is 12.5 Å². The van der Waals surface area contributed by atoms with Gasteiger partial charge in [0.05, 0.1) is 5.41 Å². The zero-order valence-electron chi connectivity index (χ0n) is 12.6. The van der Waals surface area contributed by atoms with Crippen LogP contribution in [0.3, 0.4) is 0 Å². The molecule has 20 heavy (non-hydrogen) atoms. The van der Waals surface area contributed by atoms with Crippen molar-refractivity contribution in [2.45, 2.75) is 51.9 Å². The Balaban J connectivity index is 2.12. The molecule has 3 N–H and O–H groups in total. The third-order valence-electron chi connectivity index (χ3n) is 4.49. The minimum absolute atomic E-state index is 0.0978. The second kappa shape index (κ2) is 6.40. The van der Waals surface area contributed by atoms with Crippen molar-refractivity contribution >= 4 is 11.6 Å². The van der Waals surface area contributed by atoms with Gasteiger partial charge in [0.1, 0.15) is 0 Å². The Hall–Kier alpha value is -1.35. The molecule has 0 aliphatic heterocycles. The molecule has 0 radical (unpaired) electrons. The standard InChI is InChI=1S/C17H26N2O/c1-13(2)14-7-6-8-15(11-14)19-16(20)17(12-18)9-4-3-5-10-17/h6-8,11,13H,3-5,9-10,12,18H2,1-2H3,(H,19,20). The van der Waals surface area contributed by atoms with Crippen LogP contribution < -0.4 is 11.1 Å². The van der Waals surface area contributed by atoms with Gasteiger partial charge in [-0.2, -0.15) is 0 Å². The van der Waals surface area contributed by atoms with E-state index in [9.17, 15) is 4.79 Å². The van der Waals surface area contributed by atoms with Crippen LogP contribution in [0, 0.1) is 5.41 Å². The molecule has 3 nitrogen and oxygen atoms in total. The molecule has 1 saturated carbocycles. The number of carbonyl (C=O) groups excluding carboxylic acids is 1. The second-order valence-corrected chi connectivity index (χ2v) is 6.28. The molecule has 0 bridgehead atoms. The van der Waals surface area contributed by atoms with E-state index in [1.165, 1.54) is 12.0 Å². The highest BCUT2D eigenvalue weighted by atomic mass is 16.2. The summed E-state index contributed by atoms with van der Waals surface area (Å²) in [5, 5.41) is 3.08. The first-order valence-corrected chi connectivity index (χ1v) is 7.69. The molecule has 0 spiro atoms. The summed E-state index contributed by atoms with van der Waals surface area (Å²) in [6, 6.07) is 8.12. The predicted molar refractivity (Wildman–Crippen MR) is 83.7 cm³/mol. The van der Waals surface area contributed by atoms with Crippen LogP contribution in [0.15, 0.2) is 24.3 Å². The number of rotatable bonds is 4. The second-order valence-electron chi connectivity index (χ2n) is 6.28. The molecule has 1 fully saturated rings. The Bertz CT molecular complexity index is 462. The third kappa shape index (κ3) is 3.21. The van der Waals surface area contributed by atoms with E-state index in [1.54, 1.807) is 0 Å². The number of carbonyl (C=O) groups is 1. The zero-order chi connectivity index (χ0) is 14.6. The molecule has 0 aromatic heterocycles. The predicted octanol–water partition coefficient (Wildman–Crippen LogP) is 3.66. The molecule has 1 aliphatic rings. The molecule has 3 heteroatoms. The van der Waals surface area contributed by atoms with Gasteiger partial charge < -0.3 is 11.1 Å². The number of hydrogen-bond acceptors (Lipinski definition) is 2. The van der Waals surface area contributed by atoms with Gasteiger partial charge in [0.2, 0.25) is 5.91 Å². The number of benzene rings is 1. The fourth-order valence-electron chi connectivity index (χ4n) is 2.99. The first-order chi connectivity index (χ1) is 9.57. The quantitative estimate of drug-likeness (QED) is 0.880. The van der Waals surface area contributed by atoms with Crippen LogP contribution in [-0.2, 0) is 4.79 Å². The smallest absolute Gasteiger partial charge is 0.231 e. The van der Waals surface area contributed by atoms with E-state index < -0.39 is 0 Å². The lowest BCUT2D eigenvalue weighted by atomic mass is 9.73. The lowest BCUT2D eigenvalue weighted by Gasteiger charge is -2.34. The largest absolute Gasteiger partial charge is 0.329 e. The van der Waals surface area contributed by atoms with Gasteiger partial charge in [-0.1, -0.05) is 45.2 Å². The van der Waals surface area contributed by atoms with Gasteiger partial charge in [0, 0.05) is 12.2 Å². The van der Waals surface area contributed by atoms with E-state index in [0.29, 0.717) is 12.5 Å². The number of hydrogen-bond donors (Lipinski definition) is 2. The van der Waals surface area contributed by atoms with Crippen molar-refractivity contribution in [2.75, 3.05) is 11.9 Å². The van der Waals surface area contributed by atoms with Crippen LogP contribution in [0.5, 0.6) is 0 Å². The van der Waals surface area contributed by atoms with Crippen molar-refractivity contribution < 1.29 is 4.79 Å². The minimum atomic E-state index is -0.355. The monoisotopic (exact) mass is 274 g/mol. The Morgan fingerprint density at radius 3 is 2.60 bits per heavy atom. The Kier molecular flexibility index (Phi) is 4.81. The average molecular weight is 274 g/mol. The van der Waals surface area contributed by atoms with Crippen molar-refractivity contribution in [2.24, 2.45) is 11.1 Å². The van der Waals surface area contributed by atoms with Crippen molar-refractivity contribution in [3.05, 3.63) is 29.8 Å². The van der Waals surface area contributed by atoms with E-state index in [0.717, 1.165) is 31.4 Å². The van der Waals surface area contributed by atoms with Crippen molar-refractivity contribution in [1.82, 2.24) is 0 Å². The highest BCUT2D eigenvalue weighted by molar-refractivity contribution is 5.95. The summed E-state index contributed by atoms with van der Waals surface area (Å²) in [5.41, 5.74) is 7.69. The molecule has 0 unspecified atom stereocenters. The summed E-state index contributed by atoms with van der Waals surface area (Å²) < 4.78 is 0. The van der Waals surface area contributed by atoms with Gasteiger partial charge in [0.15, 0.2) is 0 Å². The Morgan fingerprint density at radius 2 is 2.00 bits per heavy atom. The maximum Gasteiger partial charge on any atom is 0.231 e. The third-order valence-corrected chi connectivity index (χ3v) is 4.49. The molecule has 1 amide bonds. The van der Waals surface area contributed by atoms with Gasteiger partial charge in [0.25, 0.3) is 0 Å². The number of nitrogens with two attached hydrogens (primary N) is 1. The summed E-state index contributed by atoms with van der Waals surface area (Å²) in [7, 11) is 0. The lowest BCUT2D eigenvalue weighted by molar-refractivity contribution is -0.126. The lowest BCUT2D eigenvalue weighted by Crippen LogP contribution is -2.43. The van der Waals surface area contributed by atoms with E-state index in [-0.39, 0.29) is 11.3 Å². The SMILES string of the molecule is CC(C)c1cccc(NC(=O)C2(CN)CCCCC2)c1. The molecule has 1 aromatic rings. The summed E-state index contributed by atoms with van der Waals surface area (Å²) in [5.74, 6) is 0.561. The van der Waals surface area contributed by atoms with Crippen LogP contribution in [0.1, 0.15) is 57.4 Å². The first-order valence-electron chi connectivity index (χ1n) is 7.69. The van der Waals surface area contributed by atoms with Crippen molar-refractivity contribution in [3.63, 3.8) is 0 Å². The van der Waals surface area contributed by atoms with Crippen LogP contribution in [0.4, 0.5) is 5.69 Å². The fourth-order valence-corrected chi connectivity index (χ4v) is 2.99. The molecule has 1 aliphatic carbocycles. The minimum Gasteiger partial charge on any atom is -0.329 e. The van der Waals surface area contributed by atoms with Crippen LogP contribution in [0.25, 0.3) is 0 Å².